The van der Waals surface area contributed by atoms with Crippen LogP contribution in [0.4, 0.5) is 0 Å². The van der Waals surface area contributed by atoms with Crippen LogP contribution in [0.5, 0.6) is 0 Å². The second-order valence-corrected chi connectivity index (χ2v) is 7.66. The summed E-state index contributed by atoms with van der Waals surface area (Å²) >= 11 is 0. The molecule has 4 nitrogen and oxygen atoms in total. The molecule has 1 unspecified atom stereocenters. The quantitative estimate of drug-likeness (QED) is 0.776. The molecule has 1 fully saturated rings. The molecular weight excluding hydrogens is 284 g/mol. The molecule has 0 aromatic heterocycles. The minimum absolute atomic E-state index is 0.0508. The van der Waals surface area contributed by atoms with Crippen LogP contribution in [0.1, 0.15) is 43.7 Å². The lowest BCUT2D eigenvalue weighted by Crippen LogP contribution is -2.35. The smallest absolute Gasteiger partial charge is 0.241 e. The number of hydrogen-bond acceptors (Lipinski definition) is 3. The molecule has 1 aliphatic carbocycles. The van der Waals surface area contributed by atoms with Crippen LogP contribution >= 0.6 is 0 Å². The van der Waals surface area contributed by atoms with Gasteiger partial charge < -0.3 is 5.32 Å². The monoisotopic (exact) mass is 310 g/mol. The molecule has 0 spiro atoms. The van der Waals surface area contributed by atoms with Crippen molar-refractivity contribution in [1.29, 1.82) is 0 Å². The fourth-order valence-corrected chi connectivity index (χ4v) is 4.29. The lowest BCUT2D eigenvalue weighted by atomic mass is 10.1. The summed E-state index contributed by atoms with van der Waals surface area (Å²) < 4.78 is 28.2. The van der Waals surface area contributed by atoms with Crippen molar-refractivity contribution in [3.63, 3.8) is 0 Å². The van der Waals surface area contributed by atoms with Crippen molar-refractivity contribution in [3.05, 3.63) is 29.3 Å². The summed E-state index contributed by atoms with van der Waals surface area (Å²) in [5, 5.41) is 3.07. The standard InChI is InChI=1S/C16H26N2O2S/c1-4-15(10-13-8-9-13)18-21(19,20)16-7-5-6-14(11-17-3)12(16)2/h5-7,13,15,17-18H,4,8-11H2,1-3H3. The zero-order valence-corrected chi connectivity index (χ0v) is 14.0. The van der Waals surface area contributed by atoms with E-state index in [4.69, 9.17) is 0 Å². The van der Waals surface area contributed by atoms with Crippen molar-refractivity contribution in [1.82, 2.24) is 10.0 Å². The Balaban J connectivity index is 2.19. The molecule has 1 aromatic carbocycles. The first kappa shape index (κ1) is 16.5. The molecule has 1 atom stereocenters. The lowest BCUT2D eigenvalue weighted by molar-refractivity contribution is 0.495. The fraction of sp³-hybridized carbons (Fsp3) is 0.625. The third-order valence-electron chi connectivity index (χ3n) is 4.18. The van der Waals surface area contributed by atoms with Crippen LogP contribution in [0.25, 0.3) is 0 Å². The van der Waals surface area contributed by atoms with Gasteiger partial charge in [0.15, 0.2) is 0 Å². The first-order chi connectivity index (χ1) is 9.97. The van der Waals surface area contributed by atoms with E-state index in [1.54, 1.807) is 6.07 Å². The molecule has 0 aliphatic heterocycles. The van der Waals surface area contributed by atoms with Crippen LogP contribution in [0.2, 0.25) is 0 Å². The zero-order valence-electron chi connectivity index (χ0n) is 13.1. The summed E-state index contributed by atoms with van der Waals surface area (Å²) in [4.78, 5) is 0.407. The highest BCUT2D eigenvalue weighted by Gasteiger charge is 2.28. The van der Waals surface area contributed by atoms with Crippen molar-refractivity contribution in [2.24, 2.45) is 5.92 Å². The maximum absolute atomic E-state index is 12.6. The van der Waals surface area contributed by atoms with E-state index < -0.39 is 10.0 Å². The number of hydrogen-bond donors (Lipinski definition) is 2. The topological polar surface area (TPSA) is 58.2 Å². The Kier molecular flexibility index (Phi) is 5.41. The van der Waals surface area contributed by atoms with Gasteiger partial charge in [-0.25, -0.2) is 13.1 Å². The summed E-state index contributed by atoms with van der Waals surface area (Å²) in [6.07, 6.45) is 4.29. The molecule has 21 heavy (non-hydrogen) atoms. The van der Waals surface area contributed by atoms with E-state index in [1.807, 2.05) is 33.0 Å². The summed E-state index contributed by atoms with van der Waals surface area (Å²) in [5.74, 6) is 0.717. The van der Waals surface area contributed by atoms with Gasteiger partial charge in [0.25, 0.3) is 0 Å². The predicted molar refractivity (Wildman–Crippen MR) is 85.7 cm³/mol. The molecule has 0 amide bonds. The van der Waals surface area contributed by atoms with Gasteiger partial charge in [-0.15, -0.1) is 0 Å². The lowest BCUT2D eigenvalue weighted by Gasteiger charge is -2.18. The largest absolute Gasteiger partial charge is 0.316 e. The van der Waals surface area contributed by atoms with Crippen molar-refractivity contribution in [2.45, 2.75) is 57.0 Å². The van der Waals surface area contributed by atoms with Crippen LogP contribution in [-0.2, 0) is 16.6 Å². The first-order valence-electron chi connectivity index (χ1n) is 7.73. The molecule has 1 saturated carbocycles. The van der Waals surface area contributed by atoms with E-state index >= 15 is 0 Å². The van der Waals surface area contributed by atoms with Crippen LogP contribution in [-0.4, -0.2) is 21.5 Å². The normalized spacial score (nSPS) is 16.9. The van der Waals surface area contributed by atoms with Gasteiger partial charge in [0.05, 0.1) is 4.90 Å². The minimum Gasteiger partial charge on any atom is -0.316 e. The second kappa shape index (κ2) is 6.90. The Morgan fingerprint density at radius 3 is 2.62 bits per heavy atom. The third-order valence-corrected chi connectivity index (χ3v) is 5.85. The van der Waals surface area contributed by atoms with Gasteiger partial charge >= 0.3 is 0 Å². The van der Waals surface area contributed by atoms with Gasteiger partial charge in [0, 0.05) is 12.6 Å². The molecule has 0 radical (unpaired) electrons. The van der Waals surface area contributed by atoms with Gasteiger partial charge in [-0.3, -0.25) is 0 Å². The van der Waals surface area contributed by atoms with E-state index in [-0.39, 0.29) is 6.04 Å². The molecule has 118 valence electrons. The molecule has 0 bridgehead atoms. The fourth-order valence-electron chi connectivity index (χ4n) is 2.67. The van der Waals surface area contributed by atoms with Crippen LogP contribution in [0.15, 0.2) is 23.1 Å². The third kappa shape index (κ3) is 4.28. The highest BCUT2D eigenvalue weighted by atomic mass is 32.2. The molecule has 0 heterocycles. The molecule has 0 saturated heterocycles. The second-order valence-electron chi connectivity index (χ2n) is 5.98. The zero-order chi connectivity index (χ0) is 15.5. The molecule has 2 N–H and O–H groups in total. The van der Waals surface area contributed by atoms with Crippen LogP contribution < -0.4 is 10.0 Å². The minimum atomic E-state index is -3.44. The van der Waals surface area contributed by atoms with Gasteiger partial charge in [0.2, 0.25) is 10.0 Å². The van der Waals surface area contributed by atoms with Crippen molar-refractivity contribution < 1.29 is 8.42 Å². The molecular formula is C16H26N2O2S. The Bertz CT molecular complexity index is 580. The number of benzene rings is 1. The molecule has 1 aromatic rings. The first-order valence-corrected chi connectivity index (χ1v) is 9.21. The van der Waals surface area contributed by atoms with E-state index in [2.05, 4.69) is 10.0 Å². The SMILES string of the molecule is CCC(CC1CC1)NS(=O)(=O)c1cccc(CNC)c1C. The van der Waals surface area contributed by atoms with Crippen LogP contribution in [0, 0.1) is 12.8 Å². The van der Waals surface area contributed by atoms with Gasteiger partial charge in [-0.1, -0.05) is 31.9 Å². The average Bonchev–Trinajstić information content (AvgIpc) is 3.24. The average molecular weight is 310 g/mol. The summed E-state index contributed by atoms with van der Waals surface area (Å²) in [5.41, 5.74) is 1.86. The Hall–Kier alpha value is -0.910. The Morgan fingerprint density at radius 2 is 2.05 bits per heavy atom. The number of rotatable bonds is 8. The summed E-state index contributed by atoms with van der Waals surface area (Å²) in [6.45, 7) is 4.59. The molecule has 1 aliphatic rings. The van der Waals surface area contributed by atoms with Gasteiger partial charge in [-0.05, 0) is 49.9 Å². The summed E-state index contributed by atoms with van der Waals surface area (Å²) in [7, 11) is -1.58. The highest BCUT2D eigenvalue weighted by Crippen LogP contribution is 2.34. The number of sulfonamides is 1. The molecule has 5 heteroatoms. The molecule has 2 rings (SSSR count). The van der Waals surface area contributed by atoms with Gasteiger partial charge in [0.1, 0.15) is 0 Å². The van der Waals surface area contributed by atoms with Crippen molar-refractivity contribution >= 4 is 10.0 Å². The van der Waals surface area contributed by atoms with Gasteiger partial charge in [-0.2, -0.15) is 0 Å². The maximum Gasteiger partial charge on any atom is 0.241 e. The Morgan fingerprint density at radius 1 is 1.33 bits per heavy atom. The van der Waals surface area contributed by atoms with E-state index in [1.165, 1.54) is 12.8 Å². The van der Waals surface area contributed by atoms with Crippen molar-refractivity contribution in [2.75, 3.05) is 7.05 Å². The summed E-state index contributed by atoms with van der Waals surface area (Å²) in [6, 6.07) is 5.53. The number of nitrogens with one attached hydrogen (secondary N) is 2. The Labute approximate surface area is 128 Å². The highest BCUT2D eigenvalue weighted by molar-refractivity contribution is 7.89. The van der Waals surface area contributed by atoms with E-state index in [0.29, 0.717) is 11.4 Å². The van der Waals surface area contributed by atoms with Crippen LogP contribution in [0.3, 0.4) is 0 Å². The van der Waals surface area contributed by atoms with E-state index in [9.17, 15) is 8.42 Å². The van der Waals surface area contributed by atoms with E-state index in [0.717, 1.165) is 29.9 Å². The predicted octanol–water partition coefficient (Wildman–Crippen LogP) is 2.57. The van der Waals surface area contributed by atoms with Crippen molar-refractivity contribution in [3.8, 4) is 0 Å². The maximum atomic E-state index is 12.6.